The van der Waals surface area contributed by atoms with E-state index in [9.17, 15) is 4.79 Å². The van der Waals surface area contributed by atoms with Crippen molar-refractivity contribution in [1.82, 2.24) is 4.98 Å². The number of carbonyl (C=O) groups excluding carboxylic acids is 1. The van der Waals surface area contributed by atoms with Crippen molar-refractivity contribution >= 4 is 6.29 Å². The fraction of sp³-hybridized carbons (Fsp3) is 0.333. The zero-order valence-corrected chi connectivity index (χ0v) is 7.15. The maximum Gasteiger partial charge on any atom is 0.137 e. The van der Waals surface area contributed by atoms with E-state index in [-0.39, 0.29) is 5.92 Å². The van der Waals surface area contributed by atoms with Crippen LogP contribution in [0.25, 0.3) is 0 Å². The molecule has 3 nitrogen and oxygen atoms in total. The Kier molecular flexibility index (Phi) is 2.80. The summed E-state index contributed by atoms with van der Waals surface area (Å²) in [5.74, 6) is 0.563. The van der Waals surface area contributed by atoms with Crippen molar-refractivity contribution in [3.05, 3.63) is 24.0 Å². The average molecular weight is 165 g/mol. The molecule has 1 atom stereocenters. The number of rotatable bonds is 3. The number of hydrogen-bond acceptors (Lipinski definition) is 3. The smallest absolute Gasteiger partial charge is 0.137 e. The van der Waals surface area contributed by atoms with Crippen LogP contribution >= 0.6 is 0 Å². The van der Waals surface area contributed by atoms with Crippen LogP contribution in [-0.2, 0) is 4.79 Å². The van der Waals surface area contributed by atoms with E-state index in [1.54, 1.807) is 25.4 Å². The Morgan fingerprint density at radius 3 is 2.75 bits per heavy atom. The highest BCUT2D eigenvalue weighted by molar-refractivity contribution is 5.60. The van der Waals surface area contributed by atoms with E-state index >= 15 is 0 Å². The highest BCUT2D eigenvalue weighted by Crippen LogP contribution is 2.13. The van der Waals surface area contributed by atoms with Gasteiger partial charge in [0.05, 0.1) is 24.9 Å². The van der Waals surface area contributed by atoms with Crippen molar-refractivity contribution in [3.8, 4) is 5.75 Å². The third kappa shape index (κ3) is 1.81. The first-order chi connectivity index (χ1) is 5.77. The minimum atomic E-state index is -0.143. The summed E-state index contributed by atoms with van der Waals surface area (Å²) in [5.41, 5.74) is 0.769. The largest absolute Gasteiger partial charge is 0.495 e. The average Bonchev–Trinajstić information content (AvgIpc) is 2.17. The van der Waals surface area contributed by atoms with E-state index in [1.807, 2.05) is 6.92 Å². The number of aldehydes is 1. The molecule has 0 N–H and O–H groups in total. The Labute approximate surface area is 71.4 Å². The van der Waals surface area contributed by atoms with Gasteiger partial charge in [0.25, 0.3) is 0 Å². The van der Waals surface area contributed by atoms with Gasteiger partial charge in [0.1, 0.15) is 12.0 Å². The van der Waals surface area contributed by atoms with Crippen LogP contribution in [0.3, 0.4) is 0 Å². The number of pyridine rings is 1. The molecule has 0 amide bonds. The summed E-state index contributed by atoms with van der Waals surface area (Å²) in [6.45, 7) is 1.81. The first kappa shape index (κ1) is 8.71. The Bertz CT molecular complexity index is 256. The molecule has 0 radical (unpaired) electrons. The minimum Gasteiger partial charge on any atom is -0.495 e. The van der Waals surface area contributed by atoms with Gasteiger partial charge in [0.15, 0.2) is 0 Å². The third-order valence-corrected chi connectivity index (χ3v) is 1.67. The lowest BCUT2D eigenvalue weighted by atomic mass is 10.1. The van der Waals surface area contributed by atoms with Crippen LogP contribution in [0, 0.1) is 0 Å². The number of ether oxygens (including phenoxy) is 1. The molecule has 1 aromatic rings. The van der Waals surface area contributed by atoms with Crippen molar-refractivity contribution in [2.45, 2.75) is 12.8 Å². The van der Waals surface area contributed by atoms with E-state index in [2.05, 4.69) is 4.98 Å². The van der Waals surface area contributed by atoms with Gasteiger partial charge < -0.3 is 9.53 Å². The maximum atomic E-state index is 10.4. The molecule has 0 saturated carbocycles. The quantitative estimate of drug-likeness (QED) is 0.635. The van der Waals surface area contributed by atoms with Gasteiger partial charge in [0, 0.05) is 0 Å². The van der Waals surface area contributed by atoms with E-state index < -0.39 is 0 Å². The SMILES string of the molecule is COc1ccc(C(C)C=O)nc1. The molecule has 0 fully saturated rings. The summed E-state index contributed by atoms with van der Waals surface area (Å²) in [4.78, 5) is 14.5. The van der Waals surface area contributed by atoms with Crippen LogP contribution in [0.1, 0.15) is 18.5 Å². The lowest BCUT2D eigenvalue weighted by Gasteiger charge is -2.03. The number of hydrogen-bond donors (Lipinski definition) is 0. The molecular weight excluding hydrogens is 154 g/mol. The van der Waals surface area contributed by atoms with Gasteiger partial charge >= 0.3 is 0 Å². The highest BCUT2D eigenvalue weighted by atomic mass is 16.5. The van der Waals surface area contributed by atoms with Crippen LogP contribution < -0.4 is 4.74 Å². The molecule has 12 heavy (non-hydrogen) atoms. The second-order valence-corrected chi connectivity index (χ2v) is 2.55. The maximum absolute atomic E-state index is 10.4. The van der Waals surface area contributed by atoms with Gasteiger partial charge in [-0.05, 0) is 12.1 Å². The topological polar surface area (TPSA) is 39.2 Å². The minimum absolute atomic E-state index is 0.143. The normalized spacial score (nSPS) is 12.2. The monoisotopic (exact) mass is 165 g/mol. The molecule has 1 rings (SSSR count). The molecular formula is C9H11NO2. The van der Waals surface area contributed by atoms with Gasteiger partial charge in [0.2, 0.25) is 0 Å². The molecule has 0 aliphatic heterocycles. The van der Waals surface area contributed by atoms with Crippen LogP contribution in [0.5, 0.6) is 5.75 Å². The molecule has 0 saturated heterocycles. The molecule has 64 valence electrons. The standard InChI is InChI=1S/C9H11NO2/c1-7(6-11)9-4-3-8(12-2)5-10-9/h3-7H,1-2H3. The van der Waals surface area contributed by atoms with Crippen LogP contribution in [0.15, 0.2) is 18.3 Å². The molecule has 1 unspecified atom stereocenters. The van der Waals surface area contributed by atoms with E-state index in [1.165, 1.54) is 0 Å². The molecule has 1 aromatic heterocycles. The second-order valence-electron chi connectivity index (χ2n) is 2.55. The molecule has 0 aromatic carbocycles. The van der Waals surface area contributed by atoms with E-state index in [0.29, 0.717) is 5.75 Å². The fourth-order valence-corrected chi connectivity index (χ4v) is 0.852. The van der Waals surface area contributed by atoms with E-state index in [4.69, 9.17) is 4.74 Å². The Morgan fingerprint density at radius 1 is 1.58 bits per heavy atom. The second kappa shape index (κ2) is 3.85. The summed E-state index contributed by atoms with van der Waals surface area (Å²) in [6.07, 6.45) is 2.48. The molecule has 0 aliphatic rings. The summed E-state index contributed by atoms with van der Waals surface area (Å²) in [5, 5.41) is 0. The zero-order chi connectivity index (χ0) is 8.97. The number of nitrogens with zero attached hydrogens (tertiary/aromatic N) is 1. The van der Waals surface area contributed by atoms with Gasteiger partial charge in [-0.15, -0.1) is 0 Å². The van der Waals surface area contributed by atoms with Crippen LogP contribution in [0.2, 0.25) is 0 Å². The van der Waals surface area contributed by atoms with Crippen molar-refractivity contribution in [1.29, 1.82) is 0 Å². The summed E-state index contributed by atoms with van der Waals surface area (Å²) < 4.78 is 4.93. The molecule has 3 heteroatoms. The lowest BCUT2D eigenvalue weighted by molar-refractivity contribution is -0.108. The van der Waals surface area contributed by atoms with Gasteiger partial charge in [-0.25, -0.2) is 0 Å². The van der Waals surface area contributed by atoms with Crippen molar-refractivity contribution in [2.75, 3.05) is 7.11 Å². The van der Waals surface area contributed by atoms with E-state index in [0.717, 1.165) is 12.0 Å². The number of aromatic nitrogens is 1. The van der Waals surface area contributed by atoms with Gasteiger partial charge in [-0.1, -0.05) is 6.92 Å². The third-order valence-electron chi connectivity index (χ3n) is 1.67. The van der Waals surface area contributed by atoms with Crippen molar-refractivity contribution in [2.24, 2.45) is 0 Å². The Morgan fingerprint density at radius 2 is 2.33 bits per heavy atom. The molecule has 0 spiro atoms. The zero-order valence-electron chi connectivity index (χ0n) is 7.15. The molecule has 0 aliphatic carbocycles. The van der Waals surface area contributed by atoms with Gasteiger partial charge in [-0.2, -0.15) is 0 Å². The predicted molar refractivity (Wildman–Crippen MR) is 45.3 cm³/mol. The van der Waals surface area contributed by atoms with Gasteiger partial charge in [-0.3, -0.25) is 4.98 Å². The Hall–Kier alpha value is -1.38. The molecule has 1 heterocycles. The summed E-state index contributed by atoms with van der Waals surface area (Å²) >= 11 is 0. The lowest BCUT2D eigenvalue weighted by Crippen LogP contribution is -1.97. The first-order valence-electron chi connectivity index (χ1n) is 3.73. The van der Waals surface area contributed by atoms with Crippen molar-refractivity contribution in [3.63, 3.8) is 0 Å². The first-order valence-corrected chi connectivity index (χ1v) is 3.73. The fourth-order valence-electron chi connectivity index (χ4n) is 0.852. The van der Waals surface area contributed by atoms with Crippen LogP contribution in [0.4, 0.5) is 0 Å². The summed E-state index contributed by atoms with van der Waals surface area (Å²) in [7, 11) is 1.58. The predicted octanol–water partition coefficient (Wildman–Crippen LogP) is 1.39. The molecule has 0 bridgehead atoms. The Balaban J connectivity index is 2.84. The highest BCUT2D eigenvalue weighted by Gasteiger charge is 2.04. The van der Waals surface area contributed by atoms with Crippen molar-refractivity contribution < 1.29 is 9.53 Å². The summed E-state index contributed by atoms with van der Waals surface area (Å²) in [6, 6.07) is 3.58. The van der Waals surface area contributed by atoms with Crippen LogP contribution in [-0.4, -0.2) is 18.4 Å². The number of carbonyl (C=O) groups is 1. The number of methoxy groups -OCH3 is 1.